The lowest BCUT2D eigenvalue weighted by Crippen LogP contribution is -2.27. The number of rotatable bonds is 5. The molecule has 2 N–H and O–H groups in total. The first kappa shape index (κ1) is 11.6. The van der Waals surface area contributed by atoms with Crippen molar-refractivity contribution in [1.29, 1.82) is 0 Å². The van der Waals surface area contributed by atoms with E-state index < -0.39 is 25.6 Å². The van der Waals surface area contributed by atoms with Crippen LogP contribution in [0.5, 0.6) is 0 Å². The van der Waals surface area contributed by atoms with E-state index in [9.17, 15) is 13.8 Å². The van der Waals surface area contributed by atoms with Crippen LogP contribution in [0, 0.1) is 0 Å². The van der Waals surface area contributed by atoms with Crippen LogP contribution in [-0.4, -0.2) is 31.5 Å². The molecule has 0 aromatic heterocycles. The van der Waals surface area contributed by atoms with Gasteiger partial charge in [0.15, 0.2) is 6.17 Å². The fourth-order valence-electron chi connectivity index (χ4n) is 0.707. The topological polar surface area (TPSA) is 69.4 Å². The van der Waals surface area contributed by atoms with Gasteiger partial charge in [-0.1, -0.05) is 0 Å². The van der Waals surface area contributed by atoms with Gasteiger partial charge in [-0.05, 0) is 6.92 Å². The van der Waals surface area contributed by atoms with Gasteiger partial charge in [-0.3, -0.25) is 9.36 Å². The summed E-state index contributed by atoms with van der Waals surface area (Å²) in [5, 5.41) is 0. The lowest BCUT2D eigenvalue weighted by molar-refractivity contribution is -0.122. The molecule has 0 spiro atoms. The lowest BCUT2D eigenvalue weighted by atomic mass is 10.4. The Balaban J connectivity index is 4.05. The van der Waals surface area contributed by atoms with E-state index in [2.05, 4.69) is 5.73 Å². The molecule has 12 heavy (non-hydrogen) atoms. The van der Waals surface area contributed by atoms with Crippen LogP contribution in [0.3, 0.4) is 0 Å². The zero-order valence-electron chi connectivity index (χ0n) is 7.12. The highest BCUT2D eigenvalue weighted by Crippen LogP contribution is 2.43. The van der Waals surface area contributed by atoms with Crippen molar-refractivity contribution in [3.63, 3.8) is 0 Å². The molecule has 0 radical (unpaired) electrons. The lowest BCUT2D eigenvalue weighted by Gasteiger charge is -2.13. The Morgan fingerprint density at radius 2 is 2.25 bits per heavy atom. The second-order valence-corrected chi connectivity index (χ2v) is 5.14. The summed E-state index contributed by atoms with van der Waals surface area (Å²) in [6.07, 6.45) is -2.32. The molecule has 0 aliphatic carbocycles. The van der Waals surface area contributed by atoms with Gasteiger partial charge in [0, 0.05) is 6.66 Å². The van der Waals surface area contributed by atoms with Crippen LogP contribution >= 0.6 is 7.37 Å². The number of alkyl halides is 1. The minimum absolute atomic E-state index is 0.235. The zero-order chi connectivity index (χ0) is 9.78. The van der Waals surface area contributed by atoms with E-state index >= 15 is 0 Å². The predicted octanol–water partition coefficient (Wildman–Crippen LogP) is 0.754. The predicted molar refractivity (Wildman–Crippen MR) is 44.1 cm³/mol. The van der Waals surface area contributed by atoms with Gasteiger partial charge in [-0.25, -0.2) is 4.39 Å². The average Bonchev–Trinajstić information content (AvgIpc) is 1.85. The minimum atomic E-state index is -2.98. The van der Waals surface area contributed by atoms with Crippen LogP contribution < -0.4 is 5.73 Å². The molecule has 72 valence electrons. The Bertz CT molecular complexity index is 209. The van der Waals surface area contributed by atoms with Crippen LogP contribution in [0.25, 0.3) is 0 Å². The molecule has 0 heterocycles. The molecule has 0 rings (SSSR count). The first-order valence-corrected chi connectivity index (χ1v) is 5.79. The van der Waals surface area contributed by atoms with Crippen LogP contribution in [-0.2, 0) is 13.9 Å². The van der Waals surface area contributed by atoms with Crippen molar-refractivity contribution in [2.75, 3.05) is 19.4 Å². The van der Waals surface area contributed by atoms with Crippen LogP contribution in [0.2, 0.25) is 0 Å². The first-order chi connectivity index (χ1) is 5.39. The SMILES string of the molecule is CCOP(C)(=O)CC(F)C(N)=O. The average molecular weight is 197 g/mol. The molecular weight excluding hydrogens is 184 g/mol. The van der Waals surface area contributed by atoms with Gasteiger partial charge in [0.1, 0.15) is 0 Å². The van der Waals surface area contributed by atoms with Crippen LogP contribution in [0.4, 0.5) is 4.39 Å². The number of carbonyl (C=O) groups is 1. The van der Waals surface area contributed by atoms with Gasteiger partial charge in [-0.2, -0.15) is 0 Å². The van der Waals surface area contributed by atoms with Gasteiger partial charge in [0.05, 0.1) is 12.8 Å². The van der Waals surface area contributed by atoms with Crippen LogP contribution in [0.1, 0.15) is 6.92 Å². The third-order valence-corrected chi connectivity index (χ3v) is 2.99. The second-order valence-electron chi connectivity index (χ2n) is 2.48. The van der Waals surface area contributed by atoms with Gasteiger partial charge >= 0.3 is 0 Å². The quantitative estimate of drug-likeness (QED) is 0.661. The molecule has 2 atom stereocenters. The van der Waals surface area contributed by atoms with Crippen LogP contribution in [0.15, 0.2) is 0 Å². The summed E-state index contributed by atoms with van der Waals surface area (Å²) in [6.45, 7) is 3.17. The summed E-state index contributed by atoms with van der Waals surface area (Å²) in [5.74, 6) is -1.10. The highest BCUT2D eigenvalue weighted by atomic mass is 31.2. The smallest absolute Gasteiger partial charge is 0.252 e. The Morgan fingerprint density at radius 1 is 1.75 bits per heavy atom. The number of nitrogens with two attached hydrogens (primary N) is 1. The van der Waals surface area contributed by atoms with Crippen molar-refractivity contribution < 1.29 is 18.3 Å². The fraction of sp³-hybridized carbons (Fsp3) is 0.833. The number of primary amides is 1. The molecule has 0 aliphatic rings. The number of amides is 1. The molecule has 0 aromatic rings. The minimum Gasteiger partial charge on any atom is -0.367 e. The van der Waals surface area contributed by atoms with E-state index in [1.807, 2.05) is 0 Å². The maximum atomic E-state index is 12.6. The summed E-state index contributed by atoms with van der Waals surface area (Å²) in [7, 11) is -2.98. The molecule has 0 saturated heterocycles. The summed E-state index contributed by atoms with van der Waals surface area (Å²) in [5.41, 5.74) is 4.65. The maximum absolute atomic E-state index is 12.6. The summed E-state index contributed by atoms with van der Waals surface area (Å²) < 4.78 is 28.6. The summed E-state index contributed by atoms with van der Waals surface area (Å²) in [4.78, 5) is 10.3. The molecule has 0 bridgehead atoms. The van der Waals surface area contributed by atoms with E-state index in [-0.39, 0.29) is 6.61 Å². The summed E-state index contributed by atoms with van der Waals surface area (Å²) >= 11 is 0. The second kappa shape index (κ2) is 4.58. The largest absolute Gasteiger partial charge is 0.367 e. The van der Waals surface area contributed by atoms with E-state index in [0.717, 1.165) is 0 Å². The number of halogens is 1. The molecule has 0 saturated carbocycles. The highest BCUT2D eigenvalue weighted by Gasteiger charge is 2.25. The van der Waals surface area contributed by atoms with Crippen molar-refractivity contribution in [2.45, 2.75) is 13.1 Å². The molecule has 0 aromatic carbocycles. The normalized spacial score (nSPS) is 18.2. The van der Waals surface area contributed by atoms with Gasteiger partial charge in [0.25, 0.3) is 5.91 Å². The number of carbonyl (C=O) groups excluding carboxylic acids is 1. The van der Waals surface area contributed by atoms with Crippen molar-refractivity contribution in [3.05, 3.63) is 0 Å². The van der Waals surface area contributed by atoms with Gasteiger partial charge in [0.2, 0.25) is 7.37 Å². The zero-order valence-corrected chi connectivity index (χ0v) is 8.01. The molecule has 2 unspecified atom stereocenters. The van der Waals surface area contributed by atoms with E-state index in [0.29, 0.717) is 0 Å². The standard InChI is InChI=1S/C6H13FNO3P/c1-3-11-12(2,10)4-5(7)6(8)9/h5H,3-4H2,1-2H3,(H2,8,9). The molecule has 0 fully saturated rings. The third kappa shape index (κ3) is 4.46. The fourth-order valence-corrected chi connectivity index (χ4v) is 2.12. The third-order valence-electron chi connectivity index (χ3n) is 1.20. The van der Waals surface area contributed by atoms with E-state index in [1.165, 1.54) is 6.66 Å². The van der Waals surface area contributed by atoms with E-state index in [1.54, 1.807) is 6.92 Å². The van der Waals surface area contributed by atoms with Gasteiger partial charge < -0.3 is 10.3 Å². The first-order valence-electron chi connectivity index (χ1n) is 3.53. The number of hydrogen-bond acceptors (Lipinski definition) is 3. The monoisotopic (exact) mass is 197 g/mol. The van der Waals surface area contributed by atoms with Crippen molar-refractivity contribution in [3.8, 4) is 0 Å². The molecular formula is C6H13FNO3P. The van der Waals surface area contributed by atoms with Gasteiger partial charge in [-0.15, -0.1) is 0 Å². The Labute approximate surface area is 70.7 Å². The Kier molecular flexibility index (Phi) is 4.42. The van der Waals surface area contributed by atoms with Crippen molar-refractivity contribution >= 4 is 13.3 Å². The van der Waals surface area contributed by atoms with E-state index in [4.69, 9.17) is 4.52 Å². The molecule has 0 aliphatic heterocycles. The molecule has 6 heteroatoms. The van der Waals surface area contributed by atoms with Crippen molar-refractivity contribution in [2.24, 2.45) is 5.73 Å². The highest BCUT2D eigenvalue weighted by molar-refractivity contribution is 7.58. The Hall–Kier alpha value is -0.410. The Morgan fingerprint density at radius 3 is 2.58 bits per heavy atom. The maximum Gasteiger partial charge on any atom is 0.252 e. The molecule has 1 amide bonds. The summed E-state index contributed by atoms with van der Waals surface area (Å²) in [6, 6.07) is 0. The van der Waals surface area contributed by atoms with Crippen molar-refractivity contribution in [1.82, 2.24) is 0 Å². The molecule has 4 nitrogen and oxygen atoms in total. The number of hydrogen-bond donors (Lipinski definition) is 1.